The van der Waals surface area contributed by atoms with Gasteiger partial charge in [0.25, 0.3) is 0 Å². The molecule has 3 nitrogen and oxygen atoms in total. The van der Waals surface area contributed by atoms with Crippen molar-refractivity contribution in [3.63, 3.8) is 0 Å². The van der Waals surface area contributed by atoms with Crippen LogP contribution < -0.4 is 0 Å². The number of hydrogen-bond donors (Lipinski definition) is 0. The Hall–Kier alpha value is -0.453. The van der Waals surface area contributed by atoms with E-state index in [1.807, 2.05) is 0 Å². The Bertz CT molecular complexity index is 580. The highest BCUT2D eigenvalue weighted by Gasteiger charge is 2.55. The van der Waals surface area contributed by atoms with E-state index < -0.39 is 8.32 Å². The Morgan fingerprint density at radius 1 is 1.23 bits per heavy atom. The second-order valence-electron chi connectivity index (χ2n) is 10.4. The van der Waals surface area contributed by atoms with Crippen LogP contribution in [0.3, 0.4) is 0 Å². The second kappa shape index (κ2) is 6.86. The van der Waals surface area contributed by atoms with E-state index in [0.717, 1.165) is 6.42 Å². The average Bonchev–Trinajstić information content (AvgIpc) is 2.54. The molecule has 0 aromatic rings. The predicted molar refractivity (Wildman–Crippen MR) is 109 cm³/mol. The van der Waals surface area contributed by atoms with Crippen molar-refractivity contribution in [2.45, 2.75) is 78.3 Å². The van der Waals surface area contributed by atoms with Crippen LogP contribution in [0.25, 0.3) is 0 Å². The van der Waals surface area contributed by atoms with Crippen LogP contribution in [0, 0.1) is 35.5 Å². The lowest BCUT2D eigenvalue weighted by atomic mass is 9.59. The third kappa shape index (κ3) is 3.16. The maximum absolute atomic E-state index is 12.6. The number of allylic oxidation sites excluding steroid dienone is 1. The van der Waals surface area contributed by atoms with E-state index in [1.165, 1.54) is 0 Å². The van der Waals surface area contributed by atoms with Crippen LogP contribution in [0.4, 0.5) is 0 Å². The fraction of sp³-hybridized carbons (Fsp3) is 0.864. The largest absolute Gasteiger partial charge is 0.413 e. The molecule has 4 heteroatoms. The van der Waals surface area contributed by atoms with Crippen LogP contribution >= 0.6 is 0 Å². The van der Waals surface area contributed by atoms with Gasteiger partial charge >= 0.3 is 0 Å². The molecule has 0 radical (unpaired) electrons. The summed E-state index contributed by atoms with van der Waals surface area (Å²) in [5.41, 5.74) is 0. The number of Topliss-reactive ketones (excluding diaryl/α,β-unsaturated/α-hetero) is 1. The molecule has 0 amide bonds. The third-order valence-corrected chi connectivity index (χ3v) is 12.8. The highest BCUT2D eigenvalue weighted by molar-refractivity contribution is 6.74. The standard InChI is InChI=1S/C22H38O3Si/c1-13(2)22(5,6)26(7,8)25-21-15(4)11-18-20-16(21)10-9-14(3)19(20)17(23)12-24-18/h9-10,13-16,18-21H,11-12H2,1-8H3/t14-,15-,16-,18-,19+,20-,21+/m0/s1. The molecule has 0 aromatic carbocycles. The SMILES string of the molecule is CC(C)C(C)(C)[Si](C)(C)O[C@H]1[C@H]2C=C[C@H](C)[C@@H]3C(=O)CO[C@@H](C[C@@H]1C)[C@H]23. The molecule has 1 saturated heterocycles. The molecule has 0 aromatic heterocycles. The van der Waals surface area contributed by atoms with Crippen LogP contribution in [0.5, 0.6) is 0 Å². The molecule has 2 fully saturated rings. The minimum absolute atomic E-state index is 0.116. The van der Waals surface area contributed by atoms with Gasteiger partial charge in [-0.25, -0.2) is 0 Å². The summed E-state index contributed by atoms with van der Waals surface area (Å²) in [6, 6.07) is 0. The van der Waals surface area contributed by atoms with Gasteiger partial charge in [0.05, 0.1) is 12.2 Å². The van der Waals surface area contributed by atoms with E-state index in [1.54, 1.807) is 0 Å². The van der Waals surface area contributed by atoms with Crippen LogP contribution in [-0.4, -0.2) is 32.9 Å². The summed E-state index contributed by atoms with van der Waals surface area (Å²) in [7, 11) is -1.93. The first-order chi connectivity index (χ1) is 12.0. The van der Waals surface area contributed by atoms with Gasteiger partial charge in [0, 0.05) is 17.8 Å². The minimum atomic E-state index is -1.93. The quantitative estimate of drug-likeness (QED) is 0.506. The van der Waals surface area contributed by atoms with Crippen molar-refractivity contribution in [1.82, 2.24) is 0 Å². The van der Waals surface area contributed by atoms with Crippen molar-refractivity contribution >= 4 is 14.1 Å². The molecule has 1 aliphatic heterocycles. The number of hydrogen-bond acceptors (Lipinski definition) is 3. The van der Waals surface area contributed by atoms with E-state index in [9.17, 15) is 4.79 Å². The molecule has 148 valence electrons. The van der Waals surface area contributed by atoms with E-state index in [-0.39, 0.29) is 23.2 Å². The number of ketones is 1. The Kier molecular flexibility index (Phi) is 5.35. The van der Waals surface area contributed by atoms with Crippen molar-refractivity contribution in [2.75, 3.05) is 6.61 Å². The van der Waals surface area contributed by atoms with Gasteiger partial charge in [-0.2, -0.15) is 0 Å². The molecule has 3 rings (SSSR count). The van der Waals surface area contributed by atoms with E-state index in [4.69, 9.17) is 9.16 Å². The topological polar surface area (TPSA) is 35.5 Å². The normalized spacial score (nSPS) is 40.7. The molecule has 0 spiro atoms. The van der Waals surface area contributed by atoms with Crippen LogP contribution in [0.1, 0.15) is 48.0 Å². The first-order valence-electron chi connectivity index (χ1n) is 10.5. The smallest absolute Gasteiger partial charge is 0.192 e. The number of rotatable bonds is 4. The van der Waals surface area contributed by atoms with Gasteiger partial charge in [0.2, 0.25) is 0 Å². The summed E-state index contributed by atoms with van der Waals surface area (Å²) in [5.74, 6) is 2.38. The van der Waals surface area contributed by atoms with Crippen molar-refractivity contribution < 1.29 is 14.0 Å². The second-order valence-corrected chi connectivity index (χ2v) is 15.0. The molecular weight excluding hydrogens is 340 g/mol. The van der Waals surface area contributed by atoms with Crippen molar-refractivity contribution in [1.29, 1.82) is 0 Å². The van der Waals surface area contributed by atoms with Gasteiger partial charge in [0.1, 0.15) is 6.61 Å². The molecule has 1 saturated carbocycles. The van der Waals surface area contributed by atoms with E-state index in [0.29, 0.717) is 42.0 Å². The molecule has 7 atom stereocenters. The highest BCUT2D eigenvalue weighted by atomic mass is 28.4. The summed E-state index contributed by atoms with van der Waals surface area (Å²) in [5, 5.41) is 0.202. The fourth-order valence-corrected chi connectivity index (χ4v) is 8.10. The zero-order chi connectivity index (χ0) is 19.4. The zero-order valence-electron chi connectivity index (χ0n) is 17.9. The molecular formula is C22H38O3Si. The van der Waals surface area contributed by atoms with Gasteiger partial charge in [-0.1, -0.05) is 53.7 Å². The molecule has 0 bridgehead atoms. The molecule has 0 unspecified atom stereocenters. The predicted octanol–water partition coefficient (Wildman–Crippen LogP) is 5.08. The maximum Gasteiger partial charge on any atom is 0.192 e. The maximum atomic E-state index is 12.6. The molecule has 1 heterocycles. The van der Waals surface area contributed by atoms with Gasteiger partial charge in [-0.15, -0.1) is 0 Å². The van der Waals surface area contributed by atoms with Gasteiger partial charge < -0.3 is 9.16 Å². The Balaban J connectivity index is 1.91. The lowest BCUT2D eigenvalue weighted by Crippen LogP contribution is -2.60. The highest BCUT2D eigenvalue weighted by Crippen LogP contribution is 2.52. The van der Waals surface area contributed by atoms with Gasteiger partial charge in [-0.3, -0.25) is 4.79 Å². The summed E-state index contributed by atoms with van der Waals surface area (Å²) >= 11 is 0. The van der Waals surface area contributed by atoms with Gasteiger partial charge in [0.15, 0.2) is 14.1 Å². The van der Waals surface area contributed by atoms with Crippen molar-refractivity contribution in [3.8, 4) is 0 Å². The number of carbonyl (C=O) groups is 1. The minimum Gasteiger partial charge on any atom is -0.413 e. The Labute approximate surface area is 161 Å². The molecule has 0 N–H and O–H groups in total. The molecule has 26 heavy (non-hydrogen) atoms. The first kappa shape index (κ1) is 20.3. The van der Waals surface area contributed by atoms with Crippen LogP contribution in [-0.2, 0) is 14.0 Å². The van der Waals surface area contributed by atoms with Crippen molar-refractivity contribution in [2.24, 2.45) is 35.5 Å². The lowest BCUT2D eigenvalue weighted by molar-refractivity contribution is -0.167. The van der Waals surface area contributed by atoms with Crippen LogP contribution in [0.2, 0.25) is 18.1 Å². The van der Waals surface area contributed by atoms with E-state index >= 15 is 0 Å². The first-order valence-corrected chi connectivity index (χ1v) is 13.4. The molecule has 2 aliphatic carbocycles. The van der Waals surface area contributed by atoms with Crippen LogP contribution in [0.15, 0.2) is 12.2 Å². The van der Waals surface area contributed by atoms with Gasteiger partial charge in [-0.05, 0) is 42.3 Å². The summed E-state index contributed by atoms with van der Waals surface area (Å²) in [4.78, 5) is 12.6. The zero-order valence-corrected chi connectivity index (χ0v) is 18.9. The monoisotopic (exact) mass is 378 g/mol. The lowest BCUT2D eigenvalue weighted by Gasteiger charge is -2.55. The fourth-order valence-electron chi connectivity index (χ4n) is 5.34. The average molecular weight is 379 g/mol. The van der Waals surface area contributed by atoms with E-state index in [2.05, 4.69) is 66.8 Å². The van der Waals surface area contributed by atoms with Crippen molar-refractivity contribution in [3.05, 3.63) is 12.2 Å². The Morgan fingerprint density at radius 3 is 2.50 bits per heavy atom. The number of carbonyl (C=O) groups excluding carboxylic acids is 1. The third-order valence-electron chi connectivity index (χ3n) is 8.27. The number of ether oxygens (including phenoxy) is 1. The molecule has 3 aliphatic rings. The summed E-state index contributed by atoms with van der Waals surface area (Å²) in [6.07, 6.45) is 6.06. The summed E-state index contributed by atoms with van der Waals surface area (Å²) in [6.45, 7) is 18.9. The summed E-state index contributed by atoms with van der Waals surface area (Å²) < 4.78 is 13.0. The Morgan fingerprint density at radius 2 is 1.88 bits per heavy atom.